The number of rotatable bonds is 5. The van der Waals surface area contributed by atoms with E-state index < -0.39 is 0 Å². The lowest BCUT2D eigenvalue weighted by molar-refractivity contribution is -0.133. The molecule has 0 saturated carbocycles. The third-order valence-electron chi connectivity index (χ3n) is 5.26. The van der Waals surface area contributed by atoms with Gasteiger partial charge in [0.1, 0.15) is 0 Å². The molecule has 1 fully saturated rings. The van der Waals surface area contributed by atoms with Crippen LogP contribution in [0.4, 0.5) is 0 Å². The van der Waals surface area contributed by atoms with Gasteiger partial charge in [0, 0.05) is 56.7 Å². The maximum atomic E-state index is 12.6. The first kappa shape index (κ1) is 19.2. The van der Waals surface area contributed by atoms with Crippen molar-refractivity contribution in [3.05, 3.63) is 57.0 Å². The molecule has 1 aliphatic heterocycles. The van der Waals surface area contributed by atoms with Crippen molar-refractivity contribution in [2.24, 2.45) is 0 Å². The number of hydrogen-bond acceptors (Lipinski definition) is 5. The summed E-state index contributed by atoms with van der Waals surface area (Å²) < 4.78 is 0. The lowest BCUT2D eigenvalue weighted by Crippen LogP contribution is -2.48. The van der Waals surface area contributed by atoms with E-state index in [1.54, 1.807) is 0 Å². The molecule has 3 heterocycles. The van der Waals surface area contributed by atoms with E-state index in [9.17, 15) is 9.59 Å². The second-order valence-corrected chi connectivity index (χ2v) is 7.15. The van der Waals surface area contributed by atoms with Crippen molar-refractivity contribution in [1.82, 2.24) is 24.8 Å². The Balaban J connectivity index is 1.50. The maximum Gasteiger partial charge on any atom is 0.345 e. The number of aromatic amines is 1. The first-order valence-corrected chi connectivity index (χ1v) is 9.41. The van der Waals surface area contributed by atoms with E-state index in [-0.39, 0.29) is 11.6 Å². The summed E-state index contributed by atoms with van der Waals surface area (Å²) in [5.41, 5.74) is 4.45. The van der Waals surface area contributed by atoms with E-state index in [4.69, 9.17) is 0 Å². The minimum absolute atomic E-state index is 0.161. The predicted molar refractivity (Wildman–Crippen MR) is 103 cm³/mol. The molecule has 2 aromatic heterocycles. The molecule has 0 radical (unpaired) electrons. The molecule has 144 valence electrons. The second kappa shape index (κ2) is 8.43. The summed E-state index contributed by atoms with van der Waals surface area (Å²) in [6.07, 6.45) is 2.88. The smallest absolute Gasteiger partial charge is 0.340 e. The first-order valence-electron chi connectivity index (χ1n) is 9.41. The highest BCUT2D eigenvalue weighted by Crippen LogP contribution is 2.13. The van der Waals surface area contributed by atoms with E-state index in [0.717, 1.165) is 49.7 Å². The number of nitrogens with one attached hydrogen (secondary N) is 1. The topological polar surface area (TPSA) is 82.2 Å². The summed E-state index contributed by atoms with van der Waals surface area (Å²) in [4.78, 5) is 39.4. The van der Waals surface area contributed by atoms with E-state index in [1.165, 1.54) is 5.56 Å². The van der Waals surface area contributed by atoms with Gasteiger partial charge in [0.15, 0.2) is 0 Å². The zero-order valence-corrected chi connectivity index (χ0v) is 16.3. The number of piperazine rings is 1. The molecule has 27 heavy (non-hydrogen) atoms. The van der Waals surface area contributed by atoms with E-state index >= 15 is 0 Å². The Morgan fingerprint density at radius 2 is 1.93 bits per heavy atom. The standard InChI is InChI=1S/C20H27N5O2/c1-14-5-4-8-21-18(14)13-24-9-11-25(12-10-24)19(26)7-6-17-15(2)22-20(27)23-16(17)3/h4-5,8H,6-7,9-13H2,1-3H3,(H,22,23,27). The Kier molecular flexibility index (Phi) is 6.01. The molecule has 0 unspecified atom stereocenters. The highest BCUT2D eigenvalue weighted by Gasteiger charge is 2.22. The number of aromatic nitrogens is 3. The van der Waals surface area contributed by atoms with Crippen LogP contribution in [0.25, 0.3) is 0 Å². The van der Waals surface area contributed by atoms with Gasteiger partial charge in [-0.15, -0.1) is 0 Å². The van der Waals surface area contributed by atoms with E-state index in [1.807, 2.05) is 31.0 Å². The molecule has 1 saturated heterocycles. The lowest BCUT2D eigenvalue weighted by Gasteiger charge is -2.34. The SMILES string of the molecule is Cc1cccnc1CN1CCN(C(=O)CCc2c(C)nc(=O)[nH]c2C)CC1. The quantitative estimate of drug-likeness (QED) is 0.861. The fraction of sp³-hybridized carbons (Fsp3) is 0.500. The normalized spacial score (nSPS) is 15.1. The first-order chi connectivity index (χ1) is 12.9. The second-order valence-electron chi connectivity index (χ2n) is 7.15. The Bertz CT molecular complexity index is 843. The molecule has 7 heteroatoms. The van der Waals surface area contributed by atoms with Gasteiger partial charge in [0.25, 0.3) is 0 Å². The molecule has 0 spiro atoms. The average Bonchev–Trinajstić information content (AvgIpc) is 2.63. The zero-order valence-electron chi connectivity index (χ0n) is 16.3. The average molecular weight is 369 g/mol. The van der Waals surface area contributed by atoms with Gasteiger partial charge in [-0.05, 0) is 44.4 Å². The number of pyridine rings is 1. The molecule has 7 nitrogen and oxygen atoms in total. The number of hydrogen-bond donors (Lipinski definition) is 1. The molecule has 0 atom stereocenters. The third-order valence-corrected chi connectivity index (χ3v) is 5.26. The van der Waals surface area contributed by atoms with Crippen molar-refractivity contribution >= 4 is 5.91 Å². The van der Waals surface area contributed by atoms with Gasteiger partial charge in [-0.2, -0.15) is 4.98 Å². The molecule has 1 aliphatic rings. The van der Waals surface area contributed by atoms with Crippen molar-refractivity contribution in [2.75, 3.05) is 26.2 Å². The van der Waals surface area contributed by atoms with Crippen LogP contribution < -0.4 is 5.69 Å². The molecule has 1 amide bonds. The van der Waals surface area contributed by atoms with Crippen molar-refractivity contribution in [2.45, 2.75) is 40.2 Å². The van der Waals surface area contributed by atoms with Gasteiger partial charge in [0.05, 0.1) is 5.69 Å². The van der Waals surface area contributed by atoms with Crippen molar-refractivity contribution in [1.29, 1.82) is 0 Å². The highest BCUT2D eigenvalue weighted by atomic mass is 16.2. The van der Waals surface area contributed by atoms with E-state index in [2.05, 4.69) is 32.8 Å². The van der Waals surface area contributed by atoms with Crippen molar-refractivity contribution in [3.8, 4) is 0 Å². The molecule has 0 aliphatic carbocycles. The Labute approximate surface area is 159 Å². The van der Waals surface area contributed by atoms with Crippen molar-refractivity contribution < 1.29 is 4.79 Å². The molecule has 1 N–H and O–H groups in total. The van der Waals surface area contributed by atoms with Crippen LogP contribution in [0.3, 0.4) is 0 Å². The van der Waals surface area contributed by atoms with Gasteiger partial charge in [-0.3, -0.25) is 14.7 Å². The summed E-state index contributed by atoms with van der Waals surface area (Å²) in [5.74, 6) is 0.161. The van der Waals surface area contributed by atoms with Crippen LogP contribution in [0, 0.1) is 20.8 Å². The minimum Gasteiger partial charge on any atom is -0.340 e. The molecule has 0 bridgehead atoms. The molecular formula is C20H27N5O2. The Morgan fingerprint density at radius 3 is 2.59 bits per heavy atom. The summed E-state index contributed by atoms with van der Waals surface area (Å²) in [7, 11) is 0. The molecular weight excluding hydrogens is 342 g/mol. The number of carbonyl (C=O) groups is 1. The van der Waals surface area contributed by atoms with Gasteiger partial charge in [-0.25, -0.2) is 4.79 Å². The van der Waals surface area contributed by atoms with Gasteiger partial charge in [-0.1, -0.05) is 6.07 Å². The largest absolute Gasteiger partial charge is 0.345 e. The Morgan fingerprint density at radius 1 is 1.19 bits per heavy atom. The highest BCUT2D eigenvalue weighted by molar-refractivity contribution is 5.76. The summed E-state index contributed by atoms with van der Waals surface area (Å²) in [6.45, 7) is 9.79. The van der Waals surface area contributed by atoms with Crippen LogP contribution >= 0.6 is 0 Å². The van der Waals surface area contributed by atoms with Gasteiger partial charge < -0.3 is 9.88 Å². The van der Waals surface area contributed by atoms with Crippen LogP contribution in [-0.4, -0.2) is 56.8 Å². The maximum absolute atomic E-state index is 12.6. The van der Waals surface area contributed by atoms with Crippen LogP contribution in [0.5, 0.6) is 0 Å². The predicted octanol–water partition coefficient (Wildman–Crippen LogP) is 1.37. The summed E-state index contributed by atoms with van der Waals surface area (Å²) in [6, 6.07) is 4.04. The molecule has 3 rings (SSSR count). The number of aryl methyl sites for hydroxylation is 3. The van der Waals surface area contributed by atoms with Crippen molar-refractivity contribution in [3.63, 3.8) is 0 Å². The monoisotopic (exact) mass is 369 g/mol. The molecule has 0 aromatic carbocycles. The van der Waals surface area contributed by atoms with E-state index in [0.29, 0.717) is 18.5 Å². The summed E-state index contributed by atoms with van der Waals surface area (Å²) >= 11 is 0. The lowest BCUT2D eigenvalue weighted by atomic mass is 10.1. The van der Waals surface area contributed by atoms with Gasteiger partial charge >= 0.3 is 5.69 Å². The fourth-order valence-electron chi connectivity index (χ4n) is 3.56. The number of amides is 1. The van der Waals surface area contributed by atoms with Crippen LogP contribution in [0.2, 0.25) is 0 Å². The zero-order chi connectivity index (χ0) is 19.4. The third kappa shape index (κ3) is 4.80. The molecule has 2 aromatic rings. The van der Waals surface area contributed by atoms with Crippen LogP contribution in [-0.2, 0) is 17.8 Å². The number of nitrogens with zero attached hydrogens (tertiary/aromatic N) is 4. The number of carbonyl (C=O) groups excluding carboxylic acids is 1. The Hall–Kier alpha value is -2.54. The van der Waals surface area contributed by atoms with Crippen LogP contribution in [0.1, 0.15) is 34.6 Å². The van der Waals surface area contributed by atoms with Gasteiger partial charge in [0.2, 0.25) is 5.91 Å². The van der Waals surface area contributed by atoms with Crippen LogP contribution in [0.15, 0.2) is 23.1 Å². The summed E-state index contributed by atoms with van der Waals surface area (Å²) in [5, 5.41) is 0. The number of H-pyrrole nitrogens is 1. The fourth-order valence-corrected chi connectivity index (χ4v) is 3.56. The minimum atomic E-state index is -0.334.